The van der Waals surface area contributed by atoms with Gasteiger partial charge in [0.1, 0.15) is 10.7 Å². The first kappa shape index (κ1) is 15.7. The summed E-state index contributed by atoms with van der Waals surface area (Å²) in [6.45, 7) is 3.42. The predicted octanol–water partition coefficient (Wildman–Crippen LogP) is 1.50. The molecule has 1 aromatic rings. The molecule has 0 spiro atoms. The number of halogens is 2. The molecule has 8 heteroatoms. The lowest BCUT2D eigenvalue weighted by Crippen LogP contribution is -2.51. The van der Waals surface area contributed by atoms with Crippen LogP contribution in [0.25, 0.3) is 0 Å². The molecule has 1 atom stereocenters. The highest BCUT2D eigenvalue weighted by Crippen LogP contribution is 2.29. The van der Waals surface area contributed by atoms with E-state index in [4.69, 9.17) is 5.73 Å². The second kappa shape index (κ2) is 5.59. The molecule has 1 aromatic carbocycles. The molecule has 1 saturated heterocycles. The summed E-state index contributed by atoms with van der Waals surface area (Å²) in [6.07, 6.45) is 0. The van der Waals surface area contributed by atoms with Gasteiger partial charge in [-0.2, -0.15) is 4.31 Å². The predicted molar refractivity (Wildman–Crippen MR) is 79.4 cm³/mol. The smallest absolute Gasteiger partial charge is 0.245 e. The SMILES string of the molecule is CC1CN(S(=O)(=O)c2cc(Br)c(F)cc2N)CCN1C. The van der Waals surface area contributed by atoms with Crippen molar-refractivity contribution in [2.75, 3.05) is 32.4 Å². The van der Waals surface area contributed by atoms with Gasteiger partial charge >= 0.3 is 0 Å². The minimum atomic E-state index is -3.70. The number of nitrogen functional groups attached to an aromatic ring is 1. The average Bonchev–Trinajstić information content (AvgIpc) is 2.36. The van der Waals surface area contributed by atoms with Crippen molar-refractivity contribution in [1.82, 2.24) is 9.21 Å². The zero-order chi connectivity index (χ0) is 15.1. The van der Waals surface area contributed by atoms with Gasteiger partial charge in [-0.05, 0) is 42.0 Å². The molecule has 0 aliphatic carbocycles. The van der Waals surface area contributed by atoms with Gasteiger partial charge in [-0.25, -0.2) is 12.8 Å². The minimum Gasteiger partial charge on any atom is -0.398 e. The van der Waals surface area contributed by atoms with Crippen molar-refractivity contribution in [3.8, 4) is 0 Å². The largest absolute Gasteiger partial charge is 0.398 e. The molecule has 0 saturated carbocycles. The highest BCUT2D eigenvalue weighted by Gasteiger charge is 2.32. The molecular weight excluding hydrogens is 349 g/mol. The quantitative estimate of drug-likeness (QED) is 0.806. The lowest BCUT2D eigenvalue weighted by Gasteiger charge is -2.37. The Morgan fingerprint density at radius 3 is 2.65 bits per heavy atom. The van der Waals surface area contributed by atoms with Crippen LogP contribution in [0.2, 0.25) is 0 Å². The van der Waals surface area contributed by atoms with Gasteiger partial charge in [0.05, 0.1) is 10.2 Å². The Bertz CT molecular complexity index is 623. The number of rotatable bonds is 2. The normalized spacial score (nSPS) is 22.1. The van der Waals surface area contributed by atoms with E-state index in [2.05, 4.69) is 20.8 Å². The first-order valence-corrected chi connectivity index (χ1v) is 8.41. The molecule has 2 N–H and O–H groups in total. The zero-order valence-electron chi connectivity index (χ0n) is 11.3. The number of nitrogens with zero attached hydrogens (tertiary/aromatic N) is 2. The molecule has 0 radical (unpaired) electrons. The summed E-state index contributed by atoms with van der Waals surface area (Å²) >= 11 is 3.00. The van der Waals surface area contributed by atoms with E-state index in [0.717, 1.165) is 6.07 Å². The van der Waals surface area contributed by atoms with Gasteiger partial charge in [0.15, 0.2) is 0 Å². The summed E-state index contributed by atoms with van der Waals surface area (Å²) < 4.78 is 40.1. The Labute approximate surface area is 126 Å². The fraction of sp³-hybridized carbons (Fsp3) is 0.500. The molecule has 2 rings (SSSR count). The molecule has 5 nitrogen and oxygen atoms in total. The van der Waals surface area contributed by atoms with Gasteiger partial charge in [0, 0.05) is 25.7 Å². The summed E-state index contributed by atoms with van der Waals surface area (Å²) in [7, 11) is -1.75. The fourth-order valence-electron chi connectivity index (χ4n) is 2.14. The Morgan fingerprint density at radius 1 is 1.40 bits per heavy atom. The highest BCUT2D eigenvalue weighted by atomic mass is 79.9. The van der Waals surface area contributed by atoms with Gasteiger partial charge in [-0.15, -0.1) is 0 Å². The summed E-state index contributed by atoms with van der Waals surface area (Å²) in [5.41, 5.74) is 5.60. The van der Waals surface area contributed by atoms with E-state index in [0.29, 0.717) is 19.6 Å². The van der Waals surface area contributed by atoms with Crippen LogP contribution in [0.1, 0.15) is 6.92 Å². The van der Waals surface area contributed by atoms with Crippen LogP contribution in [-0.4, -0.2) is 50.3 Å². The molecule has 0 bridgehead atoms. The van der Waals surface area contributed by atoms with Crippen molar-refractivity contribution in [3.63, 3.8) is 0 Å². The van der Waals surface area contributed by atoms with E-state index in [-0.39, 0.29) is 21.1 Å². The fourth-order valence-corrected chi connectivity index (χ4v) is 4.27. The second-order valence-electron chi connectivity index (χ2n) is 5.00. The topological polar surface area (TPSA) is 66.6 Å². The van der Waals surface area contributed by atoms with Crippen LogP contribution in [-0.2, 0) is 10.0 Å². The van der Waals surface area contributed by atoms with Crippen molar-refractivity contribution in [2.24, 2.45) is 0 Å². The molecule has 112 valence electrons. The molecule has 1 aliphatic rings. The molecule has 0 amide bonds. The monoisotopic (exact) mass is 365 g/mol. The summed E-state index contributed by atoms with van der Waals surface area (Å²) in [4.78, 5) is 2.04. The third-order valence-corrected chi connectivity index (χ3v) is 6.12. The van der Waals surface area contributed by atoms with Gasteiger partial charge in [0.25, 0.3) is 0 Å². The van der Waals surface area contributed by atoms with Gasteiger partial charge in [-0.3, -0.25) is 0 Å². The number of hydrogen-bond donors (Lipinski definition) is 1. The first-order valence-electron chi connectivity index (χ1n) is 6.18. The lowest BCUT2D eigenvalue weighted by atomic mass is 10.2. The number of piperazine rings is 1. The van der Waals surface area contributed by atoms with Crippen LogP contribution in [0.3, 0.4) is 0 Å². The summed E-state index contributed by atoms with van der Waals surface area (Å²) in [5.74, 6) is -0.576. The Hall–Kier alpha value is -0.700. The number of hydrogen-bond acceptors (Lipinski definition) is 4. The van der Waals surface area contributed by atoms with Gasteiger partial charge < -0.3 is 10.6 Å². The number of anilines is 1. The third-order valence-electron chi connectivity index (χ3n) is 3.59. The number of likely N-dealkylation sites (N-methyl/N-ethyl adjacent to an activating group) is 1. The van der Waals surface area contributed by atoms with Crippen molar-refractivity contribution in [2.45, 2.75) is 17.9 Å². The average molecular weight is 366 g/mol. The lowest BCUT2D eigenvalue weighted by molar-refractivity contribution is 0.159. The molecule has 1 unspecified atom stereocenters. The number of benzene rings is 1. The van der Waals surface area contributed by atoms with Crippen LogP contribution in [0.4, 0.5) is 10.1 Å². The molecule has 1 heterocycles. The first-order chi connectivity index (χ1) is 9.23. The molecule has 1 fully saturated rings. The van der Waals surface area contributed by atoms with E-state index in [1.807, 2.05) is 14.0 Å². The molecule has 1 aliphatic heterocycles. The van der Waals surface area contributed by atoms with Crippen LogP contribution in [0, 0.1) is 5.82 Å². The maximum Gasteiger partial charge on any atom is 0.245 e. The van der Waals surface area contributed by atoms with E-state index in [1.165, 1.54) is 10.4 Å². The van der Waals surface area contributed by atoms with Gasteiger partial charge in [-0.1, -0.05) is 0 Å². The van der Waals surface area contributed by atoms with Crippen LogP contribution < -0.4 is 5.73 Å². The maximum absolute atomic E-state index is 13.4. The molecule has 20 heavy (non-hydrogen) atoms. The van der Waals surface area contributed by atoms with E-state index in [9.17, 15) is 12.8 Å². The van der Waals surface area contributed by atoms with Crippen molar-refractivity contribution in [1.29, 1.82) is 0 Å². The van der Waals surface area contributed by atoms with Crippen LogP contribution in [0.5, 0.6) is 0 Å². The number of nitrogens with two attached hydrogens (primary N) is 1. The van der Waals surface area contributed by atoms with E-state index >= 15 is 0 Å². The van der Waals surface area contributed by atoms with Crippen LogP contribution >= 0.6 is 15.9 Å². The Kier molecular flexibility index (Phi) is 4.38. The summed E-state index contributed by atoms with van der Waals surface area (Å²) in [5, 5.41) is 0. The summed E-state index contributed by atoms with van der Waals surface area (Å²) in [6, 6.07) is 2.38. The molecular formula is C12H17BrFN3O2S. The minimum absolute atomic E-state index is 0.0532. The number of sulfonamides is 1. The Morgan fingerprint density at radius 2 is 2.05 bits per heavy atom. The van der Waals surface area contributed by atoms with Crippen molar-refractivity contribution < 1.29 is 12.8 Å². The maximum atomic E-state index is 13.4. The second-order valence-corrected chi connectivity index (χ2v) is 7.76. The van der Waals surface area contributed by atoms with Crippen molar-refractivity contribution in [3.05, 3.63) is 22.4 Å². The highest BCUT2D eigenvalue weighted by molar-refractivity contribution is 9.10. The van der Waals surface area contributed by atoms with Crippen LogP contribution in [0.15, 0.2) is 21.5 Å². The standard InChI is InChI=1S/C12H17BrFN3O2S/c1-8-7-17(4-3-16(8)2)20(18,19)12-5-9(13)10(14)6-11(12)15/h5-6,8H,3-4,7,15H2,1-2H3. The van der Waals surface area contributed by atoms with Gasteiger partial charge in [0.2, 0.25) is 10.0 Å². The van der Waals surface area contributed by atoms with E-state index < -0.39 is 15.8 Å². The molecule has 0 aromatic heterocycles. The third kappa shape index (κ3) is 2.83. The van der Waals surface area contributed by atoms with Crippen molar-refractivity contribution >= 4 is 31.6 Å². The zero-order valence-corrected chi connectivity index (χ0v) is 13.7. The Balaban J connectivity index is 2.38. The van der Waals surface area contributed by atoms with E-state index in [1.54, 1.807) is 0 Å².